The Balaban J connectivity index is 1.73. The van der Waals surface area contributed by atoms with Crippen molar-refractivity contribution in [2.75, 3.05) is 26.2 Å². The normalized spacial score (nSPS) is 24.1. The Kier molecular flexibility index (Phi) is 4.93. The van der Waals surface area contributed by atoms with Crippen molar-refractivity contribution in [3.05, 3.63) is 35.9 Å². The second-order valence-corrected chi connectivity index (χ2v) is 5.14. The summed E-state index contributed by atoms with van der Waals surface area (Å²) in [7, 11) is 0. The topological polar surface area (TPSA) is 41.6 Å². The standard InChI is InChI=1S/C15H22N2O2/c1-12-10-17(11-13(2)19-12)9-8-16-15(18)14-6-4-3-5-7-14/h3-7,12-13H,8-11H2,1-2H3,(H,16,18)/t12-,13-/m0/s1. The second kappa shape index (κ2) is 6.68. The molecule has 0 saturated carbocycles. The zero-order valence-electron chi connectivity index (χ0n) is 11.6. The van der Waals surface area contributed by atoms with Gasteiger partial charge in [0.15, 0.2) is 0 Å². The number of amides is 1. The fraction of sp³-hybridized carbons (Fsp3) is 0.533. The zero-order chi connectivity index (χ0) is 13.7. The summed E-state index contributed by atoms with van der Waals surface area (Å²) in [6, 6.07) is 9.32. The van der Waals surface area contributed by atoms with Crippen LogP contribution in [0.5, 0.6) is 0 Å². The lowest BCUT2D eigenvalue weighted by atomic mass is 10.2. The van der Waals surface area contributed by atoms with Crippen LogP contribution in [0, 0.1) is 0 Å². The molecule has 1 aliphatic rings. The summed E-state index contributed by atoms with van der Waals surface area (Å²) in [6.07, 6.45) is 0.544. The van der Waals surface area contributed by atoms with E-state index in [9.17, 15) is 4.79 Å². The summed E-state index contributed by atoms with van der Waals surface area (Å²) in [5.41, 5.74) is 0.714. The molecule has 4 nitrogen and oxygen atoms in total. The average molecular weight is 262 g/mol. The van der Waals surface area contributed by atoms with Gasteiger partial charge in [0.1, 0.15) is 0 Å². The van der Waals surface area contributed by atoms with E-state index >= 15 is 0 Å². The lowest BCUT2D eigenvalue weighted by Gasteiger charge is -2.35. The third-order valence-electron chi connectivity index (χ3n) is 3.24. The molecular formula is C15H22N2O2. The first-order valence-electron chi connectivity index (χ1n) is 6.86. The van der Waals surface area contributed by atoms with Crippen LogP contribution in [0.2, 0.25) is 0 Å². The highest BCUT2D eigenvalue weighted by Crippen LogP contribution is 2.09. The molecule has 104 valence electrons. The molecule has 1 aromatic rings. The molecule has 0 bridgehead atoms. The molecule has 1 amide bonds. The van der Waals surface area contributed by atoms with Gasteiger partial charge in [0.05, 0.1) is 12.2 Å². The smallest absolute Gasteiger partial charge is 0.251 e. The van der Waals surface area contributed by atoms with Crippen LogP contribution in [0.15, 0.2) is 30.3 Å². The maximum absolute atomic E-state index is 11.9. The number of carbonyl (C=O) groups is 1. The summed E-state index contributed by atoms with van der Waals surface area (Å²) < 4.78 is 5.68. The van der Waals surface area contributed by atoms with Crippen molar-refractivity contribution in [1.82, 2.24) is 10.2 Å². The minimum atomic E-state index is -0.00467. The maximum Gasteiger partial charge on any atom is 0.251 e. The first-order valence-corrected chi connectivity index (χ1v) is 6.86. The van der Waals surface area contributed by atoms with Crippen molar-refractivity contribution in [2.24, 2.45) is 0 Å². The summed E-state index contributed by atoms with van der Waals surface area (Å²) >= 11 is 0. The van der Waals surface area contributed by atoms with E-state index in [2.05, 4.69) is 24.1 Å². The van der Waals surface area contributed by atoms with Crippen LogP contribution in [-0.4, -0.2) is 49.2 Å². The Morgan fingerprint density at radius 1 is 1.26 bits per heavy atom. The van der Waals surface area contributed by atoms with Gasteiger partial charge in [-0.2, -0.15) is 0 Å². The number of morpholine rings is 1. The molecule has 2 rings (SSSR count). The molecule has 1 fully saturated rings. The van der Waals surface area contributed by atoms with Gasteiger partial charge < -0.3 is 10.1 Å². The van der Waals surface area contributed by atoms with Crippen molar-refractivity contribution < 1.29 is 9.53 Å². The fourth-order valence-electron chi connectivity index (χ4n) is 2.49. The lowest BCUT2D eigenvalue weighted by molar-refractivity contribution is -0.0672. The number of carbonyl (C=O) groups excluding carboxylic acids is 1. The van der Waals surface area contributed by atoms with E-state index in [-0.39, 0.29) is 18.1 Å². The van der Waals surface area contributed by atoms with Crippen molar-refractivity contribution in [3.8, 4) is 0 Å². The third kappa shape index (κ3) is 4.33. The van der Waals surface area contributed by atoms with Gasteiger partial charge in [-0.3, -0.25) is 9.69 Å². The van der Waals surface area contributed by atoms with Gasteiger partial charge in [-0.15, -0.1) is 0 Å². The quantitative estimate of drug-likeness (QED) is 0.894. The lowest BCUT2D eigenvalue weighted by Crippen LogP contribution is -2.47. The molecule has 1 heterocycles. The molecule has 1 saturated heterocycles. The van der Waals surface area contributed by atoms with Crippen LogP contribution in [0.1, 0.15) is 24.2 Å². The molecule has 0 aliphatic carbocycles. The number of nitrogens with zero attached hydrogens (tertiary/aromatic N) is 1. The Morgan fingerprint density at radius 3 is 2.53 bits per heavy atom. The van der Waals surface area contributed by atoms with Gasteiger partial charge in [0.2, 0.25) is 0 Å². The Hall–Kier alpha value is -1.39. The molecule has 2 atom stereocenters. The minimum absolute atomic E-state index is 0.00467. The van der Waals surface area contributed by atoms with Crippen LogP contribution >= 0.6 is 0 Å². The van der Waals surface area contributed by atoms with E-state index in [0.29, 0.717) is 12.1 Å². The summed E-state index contributed by atoms with van der Waals surface area (Å²) in [5, 5.41) is 2.95. The van der Waals surface area contributed by atoms with E-state index in [1.165, 1.54) is 0 Å². The van der Waals surface area contributed by atoms with E-state index in [1.54, 1.807) is 0 Å². The molecule has 0 aromatic heterocycles. The number of hydrogen-bond acceptors (Lipinski definition) is 3. The molecular weight excluding hydrogens is 240 g/mol. The number of rotatable bonds is 4. The van der Waals surface area contributed by atoms with Crippen LogP contribution in [0.3, 0.4) is 0 Å². The van der Waals surface area contributed by atoms with Crippen LogP contribution in [0.25, 0.3) is 0 Å². The van der Waals surface area contributed by atoms with Crippen LogP contribution in [-0.2, 0) is 4.74 Å². The summed E-state index contributed by atoms with van der Waals surface area (Å²) in [4.78, 5) is 14.2. The second-order valence-electron chi connectivity index (χ2n) is 5.14. The van der Waals surface area contributed by atoms with Crippen molar-refractivity contribution in [2.45, 2.75) is 26.1 Å². The van der Waals surface area contributed by atoms with E-state index in [4.69, 9.17) is 4.74 Å². The van der Waals surface area contributed by atoms with Gasteiger partial charge in [-0.1, -0.05) is 18.2 Å². The minimum Gasteiger partial charge on any atom is -0.373 e. The molecule has 0 radical (unpaired) electrons. The first kappa shape index (κ1) is 14.0. The molecule has 1 aliphatic heterocycles. The monoisotopic (exact) mass is 262 g/mol. The number of nitrogens with one attached hydrogen (secondary N) is 1. The van der Waals surface area contributed by atoms with Gasteiger partial charge >= 0.3 is 0 Å². The van der Waals surface area contributed by atoms with Crippen LogP contribution < -0.4 is 5.32 Å². The Labute approximate surface area is 114 Å². The SMILES string of the molecule is C[C@H]1CN(CCNC(=O)c2ccccc2)C[C@H](C)O1. The van der Waals surface area contributed by atoms with Crippen LogP contribution in [0.4, 0.5) is 0 Å². The van der Waals surface area contributed by atoms with E-state index < -0.39 is 0 Å². The summed E-state index contributed by atoms with van der Waals surface area (Å²) in [6.45, 7) is 7.59. The van der Waals surface area contributed by atoms with Gasteiger partial charge in [-0.05, 0) is 26.0 Å². The molecule has 0 unspecified atom stereocenters. The number of benzene rings is 1. The zero-order valence-corrected chi connectivity index (χ0v) is 11.6. The van der Waals surface area contributed by atoms with E-state index in [1.807, 2.05) is 30.3 Å². The maximum atomic E-state index is 11.9. The molecule has 0 spiro atoms. The van der Waals surface area contributed by atoms with Gasteiger partial charge in [-0.25, -0.2) is 0 Å². The fourth-order valence-corrected chi connectivity index (χ4v) is 2.49. The highest BCUT2D eigenvalue weighted by Gasteiger charge is 2.21. The highest BCUT2D eigenvalue weighted by molar-refractivity contribution is 5.94. The van der Waals surface area contributed by atoms with Crippen molar-refractivity contribution >= 4 is 5.91 Å². The number of hydrogen-bond donors (Lipinski definition) is 1. The average Bonchev–Trinajstić information content (AvgIpc) is 2.38. The predicted molar refractivity (Wildman–Crippen MR) is 75.2 cm³/mol. The largest absolute Gasteiger partial charge is 0.373 e. The Morgan fingerprint density at radius 2 is 1.89 bits per heavy atom. The molecule has 4 heteroatoms. The first-order chi connectivity index (χ1) is 9.15. The van der Waals surface area contributed by atoms with E-state index in [0.717, 1.165) is 19.6 Å². The Bertz CT molecular complexity index is 398. The third-order valence-corrected chi connectivity index (χ3v) is 3.24. The molecule has 1 aromatic carbocycles. The van der Waals surface area contributed by atoms with Gasteiger partial charge in [0, 0.05) is 31.7 Å². The van der Waals surface area contributed by atoms with Crippen molar-refractivity contribution in [1.29, 1.82) is 0 Å². The predicted octanol–water partition coefficient (Wildman–Crippen LogP) is 1.53. The summed E-state index contributed by atoms with van der Waals surface area (Å²) in [5.74, 6) is -0.00467. The van der Waals surface area contributed by atoms with Crippen molar-refractivity contribution in [3.63, 3.8) is 0 Å². The van der Waals surface area contributed by atoms with Gasteiger partial charge in [0.25, 0.3) is 5.91 Å². The molecule has 19 heavy (non-hydrogen) atoms. The highest BCUT2D eigenvalue weighted by atomic mass is 16.5. The molecule has 1 N–H and O–H groups in total. The number of ether oxygens (including phenoxy) is 1.